The summed E-state index contributed by atoms with van der Waals surface area (Å²) in [6, 6.07) is 6.39. The Balaban J connectivity index is 2.11. The fourth-order valence-corrected chi connectivity index (χ4v) is 4.10. The van der Waals surface area contributed by atoms with Gasteiger partial charge < -0.3 is 10.2 Å². The van der Waals surface area contributed by atoms with Crippen molar-refractivity contribution in [3.05, 3.63) is 24.3 Å². The number of rotatable bonds is 5. The highest BCUT2D eigenvalue weighted by Gasteiger charge is 2.30. The van der Waals surface area contributed by atoms with Gasteiger partial charge in [-0.15, -0.1) is 0 Å². The van der Waals surface area contributed by atoms with E-state index < -0.39 is 10.0 Å². The fourth-order valence-electron chi connectivity index (χ4n) is 2.68. The number of nitrogens with one attached hydrogen (secondary N) is 1. The molecule has 1 aromatic carbocycles. The van der Waals surface area contributed by atoms with Gasteiger partial charge in [0, 0.05) is 25.2 Å². The topological polar surface area (TPSA) is 69.7 Å². The van der Waals surface area contributed by atoms with Gasteiger partial charge >= 0.3 is 0 Å². The summed E-state index contributed by atoms with van der Waals surface area (Å²) in [5.41, 5.74) is 0.609. The normalized spacial score (nSPS) is 17.4. The Hall–Kier alpha value is -1.44. The van der Waals surface area contributed by atoms with E-state index in [4.69, 9.17) is 0 Å². The predicted octanol–water partition coefficient (Wildman–Crippen LogP) is 1.75. The molecule has 1 aliphatic heterocycles. The van der Waals surface area contributed by atoms with E-state index in [-0.39, 0.29) is 16.8 Å². The van der Waals surface area contributed by atoms with Crippen LogP contribution in [0.1, 0.15) is 26.2 Å². The first kappa shape index (κ1) is 17.9. The molecule has 0 aromatic heterocycles. The number of carbonyl (C=O) groups excluding carboxylic acids is 1. The van der Waals surface area contributed by atoms with Gasteiger partial charge in [0.05, 0.1) is 4.90 Å². The average molecular weight is 339 g/mol. The van der Waals surface area contributed by atoms with E-state index in [0.29, 0.717) is 12.1 Å². The molecule has 0 bridgehead atoms. The second-order valence-corrected chi connectivity index (χ2v) is 7.98. The van der Waals surface area contributed by atoms with E-state index in [1.165, 1.54) is 4.31 Å². The number of piperidine rings is 1. The first-order valence-electron chi connectivity index (χ1n) is 7.91. The molecule has 7 heteroatoms. The summed E-state index contributed by atoms with van der Waals surface area (Å²) < 4.78 is 26.9. The van der Waals surface area contributed by atoms with Crippen molar-refractivity contribution in [1.29, 1.82) is 0 Å². The van der Waals surface area contributed by atoms with Crippen LogP contribution in [0.2, 0.25) is 0 Å². The van der Waals surface area contributed by atoms with E-state index in [2.05, 4.69) is 10.2 Å². The van der Waals surface area contributed by atoms with Crippen molar-refractivity contribution in [2.24, 2.45) is 0 Å². The van der Waals surface area contributed by atoms with Gasteiger partial charge in [-0.05, 0) is 57.2 Å². The van der Waals surface area contributed by atoms with Crippen LogP contribution in [0.15, 0.2) is 29.2 Å². The molecule has 1 N–H and O–H groups in total. The molecule has 1 amide bonds. The zero-order valence-corrected chi connectivity index (χ0v) is 14.8. The number of anilines is 1. The second-order valence-electron chi connectivity index (χ2n) is 5.98. The van der Waals surface area contributed by atoms with Crippen LogP contribution in [0.4, 0.5) is 5.69 Å². The Morgan fingerprint density at radius 2 is 1.83 bits per heavy atom. The first-order valence-corrected chi connectivity index (χ1v) is 9.35. The van der Waals surface area contributed by atoms with Crippen LogP contribution >= 0.6 is 0 Å². The molecule has 1 heterocycles. The smallest absolute Gasteiger partial charge is 0.243 e. The van der Waals surface area contributed by atoms with E-state index in [9.17, 15) is 13.2 Å². The standard InChI is InChI=1S/C16H25N3O3S/c1-4-16(20)17-13-5-7-15(8-6-13)23(21,22)19(3)14-9-11-18(2)12-10-14/h5-8,14H,4,9-12H2,1-3H3,(H,17,20). The quantitative estimate of drug-likeness (QED) is 0.887. The molecule has 0 radical (unpaired) electrons. The van der Waals surface area contributed by atoms with Crippen LogP contribution in [-0.4, -0.2) is 56.8 Å². The second kappa shape index (κ2) is 7.42. The Kier molecular flexibility index (Phi) is 5.78. The Labute approximate surface area is 138 Å². The largest absolute Gasteiger partial charge is 0.326 e. The average Bonchev–Trinajstić information content (AvgIpc) is 2.55. The number of hydrogen-bond donors (Lipinski definition) is 1. The summed E-state index contributed by atoms with van der Waals surface area (Å²) in [5.74, 6) is -0.0935. The molecule has 1 fully saturated rings. The zero-order valence-electron chi connectivity index (χ0n) is 13.9. The zero-order chi connectivity index (χ0) is 17.0. The highest BCUT2D eigenvalue weighted by atomic mass is 32.2. The molecule has 0 atom stereocenters. The van der Waals surface area contributed by atoms with Gasteiger partial charge in [0.25, 0.3) is 0 Å². The van der Waals surface area contributed by atoms with Crippen molar-refractivity contribution in [2.45, 2.75) is 37.1 Å². The molecular formula is C16H25N3O3S. The minimum atomic E-state index is -3.50. The predicted molar refractivity (Wildman–Crippen MR) is 90.8 cm³/mol. The highest BCUT2D eigenvalue weighted by Crippen LogP contribution is 2.23. The molecule has 128 valence electrons. The molecule has 0 saturated carbocycles. The molecule has 1 aromatic rings. The van der Waals surface area contributed by atoms with Crippen LogP contribution < -0.4 is 5.32 Å². The molecule has 0 aliphatic carbocycles. The molecular weight excluding hydrogens is 314 g/mol. The maximum atomic E-state index is 12.7. The van der Waals surface area contributed by atoms with Crippen LogP contribution in [0.25, 0.3) is 0 Å². The van der Waals surface area contributed by atoms with Gasteiger partial charge in [-0.3, -0.25) is 4.79 Å². The third-order valence-corrected chi connectivity index (χ3v) is 6.26. The Bertz CT molecular complexity index is 635. The minimum Gasteiger partial charge on any atom is -0.326 e. The Morgan fingerprint density at radius 1 is 1.26 bits per heavy atom. The monoisotopic (exact) mass is 339 g/mol. The minimum absolute atomic E-state index is 0.0377. The third-order valence-electron chi connectivity index (χ3n) is 4.34. The number of sulfonamides is 1. The number of likely N-dealkylation sites (tertiary alicyclic amines) is 1. The van der Waals surface area contributed by atoms with E-state index in [1.807, 2.05) is 7.05 Å². The van der Waals surface area contributed by atoms with Gasteiger partial charge in [0.2, 0.25) is 15.9 Å². The maximum Gasteiger partial charge on any atom is 0.243 e. The van der Waals surface area contributed by atoms with Gasteiger partial charge in [0.1, 0.15) is 0 Å². The number of amides is 1. The number of nitrogens with zero attached hydrogens (tertiary/aromatic N) is 2. The number of hydrogen-bond acceptors (Lipinski definition) is 4. The fraction of sp³-hybridized carbons (Fsp3) is 0.562. The van der Waals surface area contributed by atoms with Gasteiger partial charge in [-0.25, -0.2) is 8.42 Å². The van der Waals surface area contributed by atoms with E-state index >= 15 is 0 Å². The molecule has 1 saturated heterocycles. The molecule has 1 aliphatic rings. The molecule has 0 unspecified atom stereocenters. The SMILES string of the molecule is CCC(=O)Nc1ccc(S(=O)(=O)N(C)C2CCN(C)CC2)cc1. The summed E-state index contributed by atoms with van der Waals surface area (Å²) >= 11 is 0. The van der Waals surface area contributed by atoms with E-state index in [0.717, 1.165) is 25.9 Å². The number of carbonyl (C=O) groups is 1. The van der Waals surface area contributed by atoms with Crippen molar-refractivity contribution >= 4 is 21.6 Å². The summed E-state index contributed by atoms with van der Waals surface area (Å²) in [4.78, 5) is 13.8. The first-order chi connectivity index (χ1) is 10.8. The lowest BCUT2D eigenvalue weighted by molar-refractivity contribution is -0.115. The highest BCUT2D eigenvalue weighted by molar-refractivity contribution is 7.89. The van der Waals surface area contributed by atoms with Crippen LogP contribution in [0.3, 0.4) is 0 Å². The third kappa shape index (κ3) is 4.31. The van der Waals surface area contributed by atoms with Crippen molar-refractivity contribution in [1.82, 2.24) is 9.21 Å². The molecule has 0 spiro atoms. The lowest BCUT2D eigenvalue weighted by Crippen LogP contribution is -2.44. The lowest BCUT2D eigenvalue weighted by Gasteiger charge is -2.34. The van der Waals surface area contributed by atoms with Crippen molar-refractivity contribution < 1.29 is 13.2 Å². The molecule has 2 rings (SSSR count). The van der Waals surface area contributed by atoms with Crippen molar-refractivity contribution in [3.8, 4) is 0 Å². The van der Waals surface area contributed by atoms with Crippen LogP contribution in [-0.2, 0) is 14.8 Å². The summed E-state index contributed by atoms with van der Waals surface area (Å²) in [6.45, 7) is 3.59. The summed E-state index contributed by atoms with van der Waals surface area (Å²) in [7, 11) is 0.196. The summed E-state index contributed by atoms with van der Waals surface area (Å²) in [5, 5.41) is 2.71. The van der Waals surface area contributed by atoms with E-state index in [1.54, 1.807) is 38.2 Å². The van der Waals surface area contributed by atoms with Crippen molar-refractivity contribution in [3.63, 3.8) is 0 Å². The molecule has 23 heavy (non-hydrogen) atoms. The van der Waals surface area contributed by atoms with Crippen LogP contribution in [0, 0.1) is 0 Å². The van der Waals surface area contributed by atoms with Gasteiger partial charge in [-0.1, -0.05) is 6.92 Å². The van der Waals surface area contributed by atoms with Crippen molar-refractivity contribution in [2.75, 3.05) is 32.5 Å². The molecule has 6 nitrogen and oxygen atoms in total. The number of benzene rings is 1. The lowest BCUT2D eigenvalue weighted by atomic mass is 10.1. The van der Waals surface area contributed by atoms with Gasteiger partial charge in [0.15, 0.2) is 0 Å². The summed E-state index contributed by atoms with van der Waals surface area (Å²) in [6.07, 6.45) is 2.08. The van der Waals surface area contributed by atoms with Crippen LogP contribution in [0.5, 0.6) is 0 Å². The Morgan fingerprint density at radius 3 is 2.35 bits per heavy atom. The maximum absolute atomic E-state index is 12.7. The van der Waals surface area contributed by atoms with Gasteiger partial charge in [-0.2, -0.15) is 4.31 Å².